The number of halogens is 1. The minimum Gasteiger partial charge on any atom is -0.439 e. The standard InChI is InChI=1S/C13H10BrN3O2/c14-8-3-2-6-17(13(8)18)7-11-16-12-9(15)4-1-5-10(12)19-11/h1-6H,7,15H2. The third kappa shape index (κ3) is 2.15. The molecule has 0 aliphatic heterocycles. The first-order chi connectivity index (χ1) is 9.15. The van der Waals surface area contributed by atoms with Crippen molar-refractivity contribution in [3.8, 4) is 0 Å². The van der Waals surface area contributed by atoms with Crippen LogP contribution in [-0.4, -0.2) is 9.55 Å². The number of fused-ring (bicyclic) bond motifs is 1. The van der Waals surface area contributed by atoms with Gasteiger partial charge in [-0.3, -0.25) is 4.79 Å². The molecule has 0 saturated heterocycles. The van der Waals surface area contributed by atoms with Crippen molar-refractivity contribution in [2.45, 2.75) is 6.54 Å². The van der Waals surface area contributed by atoms with Gasteiger partial charge in [-0.1, -0.05) is 6.07 Å². The molecule has 0 fully saturated rings. The molecule has 0 aliphatic carbocycles. The molecule has 0 saturated carbocycles. The SMILES string of the molecule is Nc1cccc2oc(Cn3cccc(Br)c3=O)nc12. The summed E-state index contributed by atoms with van der Waals surface area (Å²) in [6.07, 6.45) is 1.69. The van der Waals surface area contributed by atoms with E-state index in [1.807, 2.05) is 0 Å². The second-order valence-corrected chi connectivity index (χ2v) is 4.95. The number of para-hydroxylation sites is 1. The normalized spacial score (nSPS) is 11.0. The van der Waals surface area contributed by atoms with Crippen molar-refractivity contribution >= 4 is 32.7 Å². The van der Waals surface area contributed by atoms with E-state index >= 15 is 0 Å². The first kappa shape index (κ1) is 12.0. The lowest BCUT2D eigenvalue weighted by atomic mass is 10.3. The highest BCUT2D eigenvalue weighted by atomic mass is 79.9. The van der Waals surface area contributed by atoms with Crippen LogP contribution in [0.2, 0.25) is 0 Å². The lowest BCUT2D eigenvalue weighted by molar-refractivity contribution is 0.504. The summed E-state index contributed by atoms with van der Waals surface area (Å²) in [4.78, 5) is 16.2. The molecule has 3 aromatic rings. The summed E-state index contributed by atoms with van der Waals surface area (Å²) in [5.41, 5.74) is 7.50. The highest BCUT2D eigenvalue weighted by Crippen LogP contribution is 2.21. The Morgan fingerprint density at radius 3 is 2.95 bits per heavy atom. The van der Waals surface area contributed by atoms with Gasteiger partial charge in [-0.2, -0.15) is 0 Å². The zero-order valence-corrected chi connectivity index (χ0v) is 11.4. The Morgan fingerprint density at radius 1 is 1.32 bits per heavy atom. The van der Waals surface area contributed by atoms with Crippen molar-refractivity contribution in [3.63, 3.8) is 0 Å². The lowest BCUT2D eigenvalue weighted by Gasteiger charge is -2.01. The minimum absolute atomic E-state index is 0.127. The largest absolute Gasteiger partial charge is 0.439 e. The number of aromatic nitrogens is 2. The molecule has 6 heteroatoms. The van der Waals surface area contributed by atoms with Crippen LogP contribution in [-0.2, 0) is 6.54 Å². The predicted molar refractivity (Wildman–Crippen MR) is 75.9 cm³/mol. The van der Waals surface area contributed by atoms with E-state index in [1.165, 1.54) is 4.57 Å². The Kier molecular flexibility index (Phi) is 2.87. The van der Waals surface area contributed by atoms with Crippen LogP contribution < -0.4 is 11.3 Å². The first-order valence-electron chi connectivity index (χ1n) is 5.64. The van der Waals surface area contributed by atoms with Crippen LogP contribution in [0.4, 0.5) is 5.69 Å². The fourth-order valence-electron chi connectivity index (χ4n) is 1.86. The number of nitrogens with zero attached hydrogens (tertiary/aromatic N) is 2. The van der Waals surface area contributed by atoms with Gasteiger partial charge in [-0.15, -0.1) is 0 Å². The number of benzene rings is 1. The van der Waals surface area contributed by atoms with Crippen LogP contribution >= 0.6 is 15.9 Å². The van der Waals surface area contributed by atoms with Gasteiger partial charge in [0.15, 0.2) is 5.58 Å². The van der Waals surface area contributed by atoms with E-state index in [0.717, 1.165) is 0 Å². The van der Waals surface area contributed by atoms with Crippen LogP contribution in [0.1, 0.15) is 5.89 Å². The summed E-state index contributed by atoms with van der Waals surface area (Å²) < 4.78 is 7.61. The fourth-order valence-corrected chi connectivity index (χ4v) is 2.24. The number of hydrogen-bond donors (Lipinski definition) is 1. The van der Waals surface area contributed by atoms with Crippen molar-refractivity contribution in [3.05, 3.63) is 57.2 Å². The molecule has 96 valence electrons. The maximum atomic E-state index is 11.9. The van der Waals surface area contributed by atoms with Crippen LogP contribution in [0.25, 0.3) is 11.1 Å². The van der Waals surface area contributed by atoms with Crippen molar-refractivity contribution in [2.75, 3.05) is 5.73 Å². The van der Waals surface area contributed by atoms with Gasteiger partial charge >= 0.3 is 0 Å². The quantitative estimate of drug-likeness (QED) is 0.736. The molecule has 19 heavy (non-hydrogen) atoms. The third-order valence-corrected chi connectivity index (χ3v) is 3.38. The minimum atomic E-state index is -0.127. The van der Waals surface area contributed by atoms with Gasteiger partial charge in [-0.25, -0.2) is 4.98 Å². The first-order valence-corrected chi connectivity index (χ1v) is 6.43. The molecule has 0 amide bonds. The van der Waals surface area contributed by atoms with E-state index in [2.05, 4.69) is 20.9 Å². The number of anilines is 1. The Labute approximate surface area is 116 Å². The smallest absolute Gasteiger partial charge is 0.265 e. The van der Waals surface area contributed by atoms with Gasteiger partial charge < -0.3 is 14.7 Å². The Morgan fingerprint density at radius 2 is 2.16 bits per heavy atom. The maximum absolute atomic E-state index is 11.9. The molecule has 2 N–H and O–H groups in total. The molecule has 0 spiro atoms. The van der Waals surface area contributed by atoms with E-state index in [1.54, 1.807) is 36.5 Å². The van der Waals surface area contributed by atoms with Gasteiger partial charge in [-0.05, 0) is 40.2 Å². The van der Waals surface area contributed by atoms with Crippen LogP contribution in [0.5, 0.6) is 0 Å². The molecule has 3 rings (SSSR count). The summed E-state index contributed by atoms with van der Waals surface area (Å²) in [6.45, 7) is 0.270. The zero-order valence-electron chi connectivity index (χ0n) is 9.84. The van der Waals surface area contributed by atoms with E-state index in [-0.39, 0.29) is 12.1 Å². The molecule has 0 radical (unpaired) electrons. The van der Waals surface area contributed by atoms with Gasteiger partial charge in [0.2, 0.25) is 5.89 Å². The topological polar surface area (TPSA) is 74.0 Å². The van der Waals surface area contributed by atoms with Gasteiger partial charge in [0.1, 0.15) is 12.1 Å². The predicted octanol–water partition coefficient (Wildman–Crippen LogP) is 2.38. The highest BCUT2D eigenvalue weighted by Gasteiger charge is 2.09. The highest BCUT2D eigenvalue weighted by molar-refractivity contribution is 9.10. The molecule has 0 bridgehead atoms. The molecular weight excluding hydrogens is 310 g/mol. The molecule has 5 nitrogen and oxygen atoms in total. The van der Waals surface area contributed by atoms with Crippen molar-refractivity contribution in [1.29, 1.82) is 0 Å². The summed E-state index contributed by atoms with van der Waals surface area (Å²) >= 11 is 3.20. The van der Waals surface area contributed by atoms with Crippen molar-refractivity contribution in [1.82, 2.24) is 9.55 Å². The van der Waals surface area contributed by atoms with E-state index in [0.29, 0.717) is 27.2 Å². The number of rotatable bonds is 2. The molecule has 2 heterocycles. The van der Waals surface area contributed by atoms with Crippen LogP contribution in [0, 0.1) is 0 Å². The second kappa shape index (κ2) is 4.55. The van der Waals surface area contributed by atoms with Crippen molar-refractivity contribution < 1.29 is 4.42 Å². The molecular formula is C13H10BrN3O2. The summed E-state index contributed by atoms with van der Waals surface area (Å²) in [6, 6.07) is 8.84. The molecule has 1 aromatic carbocycles. The number of nitrogens with two attached hydrogens (primary N) is 1. The van der Waals surface area contributed by atoms with Crippen molar-refractivity contribution in [2.24, 2.45) is 0 Å². The Balaban J connectivity index is 2.04. The zero-order chi connectivity index (χ0) is 13.4. The number of pyridine rings is 1. The van der Waals surface area contributed by atoms with Gasteiger partial charge in [0, 0.05) is 6.20 Å². The number of hydrogen-bond acceptors (Lipinski definition) is 4. The van der Waals surface area contributed by atoms with Crippen LogP contribution in [0.15, 0.2) is 50.2 Å². The van der Waals surface area contributed by atoms with E-state index in [4.69, 9.17) is 10.2 Å². The molecule has 0 unspecified atom stereocenters. The monoisotopic (exact) mass is 319 g/mol. The van der Waals surface area contributed by atoms with Gasteiger partial charge in [0.05, 0.1) is 10.2 Å². The lowest BCUT2D eigenvalue weighted by Crippen LogP contribution is -2.20. The maximum Gasteiger partial charge on any atom is 0.265 e. The third-order valence-electron chi connectivity index (χ3n) is 2.77. The number of oxazole rings is 1. The average molecular weight is 320 g/mol. The molecule has 0 atom stereocenters. The van der Waals surface area contributed by atoms with Gasteiger partial charge in [0.25, 0.3) is 5.56 Å². The second-order valence-electron chi connectivity index (χ2n) is 4.09. The van der Waals surface area contributed by atoms with E-state index in [9.17, 15) is 4.79 Å². The Bertz CT molecular complexity index is 807. The molecule has 2 aromatic heterocycles. The Hall–Kier alpha value is -2.08. The summed E-state index contributed by atoms with van der Waals surface area (Å²) in [5.74, 6) is 0.452. The van der Waals surface area contributed by atoms with Crippen LogP contribution in [0.3, 0.4) is 0 Å². The average Bonchev–Trinajstić information content (AvgIpc) is 2.79. The summed E-state index contributed by atoms with van der Waals surface area (Å²) in [5, 5.41) is 0. The summed E-state index contributed by atoms with van der Waals surface area (Å²) in [7, 11) is 0. The van der Waals surface area contributed by atoms with E-state index < -0.39 is 0 Å². The fraction of sp³-hybridized carbons (Fsp3) is 0.0769. The number of nitrogen functional groups attached to an aromatic ring is 1. The molecule has 0 aliphatic rings.